The molecular weight excluding hydrogens is 350 g/mol. The highest BCUT2D eigenvalue weighted by Gasteiger charge is 2.13. The summed E-state index contributed by atoms with van der Waals surface area (Å²) >= 11 is 0. The number of nitrogens with one attached hydrogen (secondary N) is 1. The lowest BCUT2D eigenvalue weighted by Gasteiger charge is -2.09. The lowest BCUT2D eigenvalue weighted by Crippen LogP contribution is -2.30. The van der Waals surface area contributed by atoms with Crippen LogP contribution in [0.2, 0.25) is 0 Å². The maximum atomic E-state index is 12.2. The van der Waals surface area contributed by atoms with Gasteiger partial charge in [0.05, 0.1) is 28.4 Å². The van der Waals surface area contributed by atoms with Crippen molar-refractivity contribution in [2.75, 3.05) is 0 Å². The lowest BCUT2D eigenvalue weighted by atomic mass is 10.0. The highest BCUT2D eigenvalue weighted by atomic mass is 16.2. The number of nitrogens with zero attached hydrogens (tertiary/aromatic N) is 3. The fourth-order valence-electron chi connectivity index (χ4n) is 3.05. The first-order chi connectivity index (χ1) is 13.7. The summed E-state index contributed by atoms with van der Waals surface area (Å²) in [5.41, 5.74) is 7.49. The van der Waals surface area contributed by atoms with Gasteiger partial charge in [-0.1, -0.05) is 36.4 Å². The number of carbonyl (C=O) groups excluding carboxylic acids is 1. The fraction of sp³-hybridized carbons (Fsp3) is 0. The number of fused-ring (bicyclic) bond motifs is 1. The summed E-state index contributed by atoms with van der Waals surface area (Å²) in [6.07, 6.45) is 3.24. The monoisotopic (exact) mass is 365 g/mol. The van der Waals surface area contributed by atoms with Gasteiger partial charge in [0.15, 0.2) is 0 Å². The molecule has 2 aromatic carbocycles. The third-order valence-electron chi connectivity index (χ3n) is 4.51. The number of hydrogen-bond acceptors (Lipinski definition) is 5. The van der Waals surface area contributed by atoms with Crippen LogP contribution in [0.1, 0.15) is 15.9 Å². The zero-order chi connectivity index (χ0) is 19.5. The van der Waals surface area contributed by atoms with E-state index >= 15 is 0 Å². The minimum absolute atomic E-state index is 0.393. The molecule has 134 valence electrons. The van der Waals surface area contributed by atoms with E-state index in [4.69, 9.17) is 11.1 Å². The Bertz CT molecular complexity index is 1210. The number of nitrogen functional groups attached to an aromatic ring is 1. The van der Waals surface area contributed by atoms with Crippen LogP contribution >= 0.6 is 0 Å². The van der Waals surface area contributed by atoms with Gasteiger partial charge in [0.2, 0.25) is 0 Å². The Balaban J connectivity index is 1.75. The van der Waals surface area contributed by atoms with Crippen molar-refractivity contribution in [1.29, 1.82) is 5.26 Å². The second-order valence-corrected chi connectivity index (χ2v) is 6.19. The molecule has 0 bridgehead atoms. The number of aromatic nitrogens is 2. The van der Waals surface area contributed by atoms with E-state index in [-0.39, 0.29) is 0 Å². The van der Waals surface area contributed by atoms with Crippen LogP contribution in [0, 0.1) is 11.3 Å². The highest BCUT2D eigenvalue weighted by Crippen LogP contribution is 2.27. The van der Waals surface area contributed by atoms with E-state index in [1.54, 1.807) is 36.7 Å². The Labute approximate surface area is 161 Å². The topological polar surface area (TPSA) is 105 Å². The Kier molecular flexibility index (Phi) is 4.50. The van der Waals surface area contributed by atoms with Crippen molar-refractivity contribution >= 4 is 16.8 Å². The molecule has 4 aromatic rings. The van der Waals surface area contributed by atoms with E-state index in [1.165, 1.54) is 0 Å². The number of benzene rings is 2. The molecule has 0 aliphatic heterocycles. The second-order valence-electron chi connectivity index (χ2n) is 6.19. The summed E-state index contributed by atoms with van der Waals surface area (Å²) < 4.78 is 0. The van der Waals surface area contributed by atoms with Gasteiger partial charge in [-0.15, -0.1) is 0 Å². The molecule has 6 heteroatoms. The number of hydrogen-bond donors (Lipinski definition) is 2. The van der Waals surface area contributed by atoms with Gasteiger partial charge in [-0.25, -0.2) is 10.8 Å². The predicted molar refractivity (Wildman–Crippen MR) is 107 cm³/mol. The Morgan fingerprint density at radius 1 is 0.964 bits per heavy atom. The fourth-order valence-corrected chi connectivity index (χ4v) is 3.05. The van der Waals surface area contributed by atoms with E-state index in [9.17, 15) is 4.79 Å². The van der Waals surface area contributed by atoms with Crippen molar-refractivity contribution in [3.05, 3.63) is 84.2 Å². The molecule has 0 fully saturated rings. The summed E-state index contributed by atoms with van der Waals surface area (Å²) in [5, 5.41) is 9.56. The van der Waals surface area contributed by atoms with Crippen molar-refractivity contribution in [2.24, 2.45) is 5.84 Å². The molecule has 0 aliphatic rings. The van der Waals surface area contributed by atoms with Crippen LogP contribution < -0.4 is 11.3 Å². The minimum atomic E-state index is -0.393. The number of nitrogens with two attached hydrogens (primary N) is 1. The zero-order valence-electron chi connectivity index (χ0n) is 14.8. The molecule has 0 unspecified atom stereocenters. The molecule has 3 N–H and O–H groups in total. The van der Waals surface area contributed by atoms with Crippen molar-refractivity contribution in [2.45, 2.75) is 0 Å². The van der Waals surface area contributed by atoms with Gasteiger partial charge < -0.3 is 0 Å². The average Bonchev–Trinajstić information content (AvgIpc) is 2.78. The van der Waals surface area contributed by atoms with Gasteiger partial charge in [-0.3, -0.25) is 15.2 Å². The first kappa shape index (κ1) is 17.3. The molecule has 2 heterocycles. The molecular formula is C22H15N5O. The smallest absolute Gasteiger partial charge is 0.265 e. The summed E-state index contributed by atoms with van der Waals surface area (Å²) in [7, 11) is 0. The molecule has 28 heavy (non-hydrogen) atoms. The molecule has 6 nitrogen and oxygen atoms in total. The van der Waals surface area contributed by atoms with Gasteiger partial charge in [0.1, 0.15) is 0 Å². The SMILES string of the molecule is N#Cc1ccc(-c2ccc(-c3cc(C(=O)NN)c4cnccc4n3)cc2)cc1. The van der Waals surface area contributed by atoms with E-state index in [0.717, 1.165) is 16.7 Å². The van der Waals surface area contributed by atoms with Gasteiger partial charge >= 0.3 is 0 Å². The molecule has 1 amide bonds. The molecule has 0 saturated heterocycles. The van der Waals surface area contributed by atoms with Crippen LogP contribution in [0.5, 0.6) is 0 Å². The second kappa shape index (κ2) is 7.27. The number of amides is 1. The van der Waals surface area contributed by atoms with E-state index in [1.807, 2.05) is 36.4 Å². The molecule has 0 atom stereocenters. The van der Waals surface area contributed by atoms with Gasteiger partial charge in [0, 0.05) is 23.3 Å². The van der Waals surface area contributed by atoms with Crippen molar-refractivity contribution in [3.8, 4) is 28.5 Å². The lowest BCUT2D eigenvalue weighted by molar-refractivity contribution is 0.0955. The van der Waals surface area contributed by atoms with Crippen LogP contribution in [0.3, 0.4) is 0 Å². The third kappa shape index (κ3) is 3.18. The van der Waals surface area contributed by atoms with Crippen LogP contribution in [0.4, 0.5) is 0 Å². The van der Waals surface area contributed by atoms with E-state index in [0.29, 0.717) is 27.7 Å². The molecule has 0 aliphatic carbocycles. The first-order valence-corrected chi connectivity index (χ1v) is 8.56. The molecule has 4 rings (SSSR count). The number of carbonyl (C=O) groups is 1. The Morgan fingerprint density at radius 2 is 1.61 bits per heavy atom. The van der Waals surface area contributed by atoms with Crippen molar-refractivity contribution in [1.82, 2.24) is 15.4 Å². The zero-order valence-corrected chi connectivity index (χ0v) is 14.8. The highest BCUT2D eigenvalue weighted by molar-refractivity contribution is 6.06. The van der Waals surface area contributed by atoms with E-state index in [2.05, 4.69) is 21.5 Å². The largest absolute Gasteiger partial charge is 0.290 e. The van der Waals surface area contributed by atoms with Crippen molar-refractivity contribution < 1.29 is 4.79 Å². The predicted octanol–water partition coefficient (Wildman–Crippen LogP) is 3.44. The summed E-state index contributed by atoms with van der Waals surface area (Å²) in [5.74, 6) is 4.94. The maximum absolute atomic E-state index is 12.2. The summed E-state index contributed by atoms with van der Waals surface area (Å²) in [6, 6.07) is 20.9. The molecule has 0 spiro atoms. The number of hydrazine groups is 1. The molecule has 2 aromatic heterocycles. The number of pyridine rings is 2. The number of rotatable bonds is 3. The Hall–Kier alpha value is -4.08. The van der Waals surface area contributed by atoms with Gasteiger partial charge in [-0.2, -0.15) is 5.26 Å². The van der Waals surface area contributed by atoms with Gasteiger partial charge in [-0.05, 0) is 35.4 Å². The molecule has 0 radical (unpaired) electrons. The quantitative estimate of drug-likeness (QED) is 0.329. The number of nitriles is 1. The maximum Gasteiger partial charge on any atom is 0.265 e. The normalized spacial score (nSPS) is 10.4. The first-order valence-electron chi connectivity index (χ1n) is 8.56. The van der Waals surface area contributed by atoms with Gasteiger partial charge in [0.25, 0.3) is 5.91 Å². The average molecular weight is 365 g/mol. The van der Waals surface area contributed by atoms with E-state index < -0.39 is 5.91 Å². The molecule has 0 saturated carbocycles. The Morgan fingerprint density at radius 3 is 2.25 bits per heavy atom. The third-order valence-corrected chi connectivity index (χ3v) is 4.51. The van der Waals surface area contributed by atoms with Crippen molar-refractivity contribution in [3.63, 3.8) is 0 Å². The van der Waals surface area contributed by atoms with Crippen LogP contribution in [0.15, 0.2) is 73.1 Å². The van der Waals surface area contributed by atoms with Crippen LogP contribution in [-0.2, 0) is 0 Å². The summed E-state index contributed by atoms with van der Waals surface area (Å²) in [6.45, 7) is 0. The van der Waals surface area contributed by atoms with Crippen LogP contribution in [-0.4, -0.2) is 15.9 Å². The van der Waals surface area contributed by atoms with Crippen LogP contribution in [0.25, 0.3) is 33.3 Å². The standard InChI is InChI=1S/C22H15N5O/c23-12-14-1-3-15(4-2-14)16-5-7-17(8-6-16)21-11-18(22(28)27-24)19-13-25-10-9-20(19)26-21/h1-11,13H,24H2,(H,27,28). The minimum Gasteiger partial charge on any atom is -0.290 e. The summed E-state index contributed by atoms with van der Waals surface area (Å²) in [4.78, 5) is 20.9.